The number of phenols is 1. The summed E-state index contributed by atoms with van der Waals surface area (Å²) in [5, 5.41) is 10.5. The van der Waals surface area contributed by atoms with E-state index in [0.29, 0.717) is 5.75 Å². The number of hydrogen-bond donors (Lipinski definition) is 2. The minimum absolute atomic E-state index is 0.332. The Morgan fingerprint density at radius 2 is 1.88 bits per heavy atom. The molecule has 3 heteroatoms. The molecule has 1 aromatic heterocycles. The molecular weight excluding hydrogens is 212 g/mol. The number of nitrogens with two attached hydrogens (primary N) is 1. The van der Waals surface area contributed by atoms with E-state index >= 15 is 0 Å². The zero-order valence-electron chi connectivity index (χ0n) is 10.1. The lowest BCUT2D eigenvalue weighted by Crippen LogP contribution is -1.99. The zero-order chi connectivity index (χ0) is 12.1. The standard InChI is InChI=1S/C14H20N2O/c15-8-3-1-2-4-9-16-10-7-12-11-13(17)5-6-14(12)16/h5-7,10-11,17H,1-4,8-9,15H2. The number of aromatic hydroxyl groups is 1. The Kier molecular flexibility index (Phi) is 4.04. The number of aromatic nitrogens is 1. The van der Waals surface area contributed by atoms with Gasteiger partial charge in [0, 0.05) is 23.6 Å². The second kappa shape index (κ2) is 5.73. The van der Waals surface area contributed by atoms with Gasteiger partial charge in [0.2, 0.25) is 0 Å². The normalized spacial score (nSPS) is 11.1. The fourth-order valence-corrected chi connectivity index (χ4v) is 2.16. The molecule has 0 atom stereocenters. The van der Waals surface area contributed by atoms with Gasteiger partial charge in [0.25, 0.3) is 0 Å². The molecule has 2 rings (SSSR count). The molecule has 0 fully saturated rings. The van der Waals surface area contributed by atoms with Gasteiger partial charge in [-0.2, -0.15) is 0 Å². The number of aryl methyl sites for hydroxylation is 1. The topological polar surface area (TPSA) is 51.2 Å². The van der Waals surface area contributed by atoms with Crippen molar-refractivity contribution in [2.75, 3.05) is 6.54 Å². The number of hydrogen-bond acceptors (Lipinski definition) is 2. The minimum atomic E-state index is 0.332. The fraction of sp³-hybridized carbons (Fsp3) is 0.429. The van der Waals surface area contributed by atoms with Crippen LogP contribution in [-0.2, 0) is 6.54 Å². The van der Waals surface area contributed by atoms with Gasteiger partial charge in [-0.05, 0) is 43.7 Å². The molecule has 17 heavy (non-hydrogen) atoms. The second-order valence-corrected chi connectivity index (χ2v) is 4.46. The molecule has 0 bridgehead atoms. The summed E-state index contributed by atoms with van der Waals surface area (Å²) in [5.41, 5.74) is 6.66. The minimum Gasteiger partial charge on any atom is -0.508 e. The van der Waals surface area contributed by atoms with Crippen LogP contribution < -0.4 is 5.73 Å². The maximum Gasteiger partial charge on any atom is 0.116 e. The van der Waals surface area contributed by atoms with Gasteiger partial charge in [-0.3, -0.25) is 0 Å². The molecule has 0 radical (unpaired) electrons. The van der Waals surface area contributed by atoms with Crippen molar-refractivity contribution < 1.29 is 5.11 Å². The van der Waals surface area contributed by atoms with E-state index in [1.807, 2.05) is 6.07 Å². The molecular formula is C14H20N2O. The van der Waals surface area contributed by atoms with Crippen LogP contribution in [0.2, 0.25) is 0 Å². The highest BCUT2D eigenvalue weighted by molar-refractivity contribution is 5.81. The highest BCUT2D eigenvalue weighted by Crippen LogP contribution is 2.21. The van der Waals surface area contributed by atoms with Crippen molar-refractivity contribution in [2.24, 2.45) is 5.73 Å². The van der Waals surface area contributed by atoms with Crippen LogP contribution in [0.4, 0.5) is 0 Å². The van der Waals surface area contributed by atoms with E-state index in [9.17, 15) is 5.11 Å². The predicted molar refractivity (Wildman–Crippen MR) is 71.1 cm³/mol. The van der Waals surface area contributed by atoms with E-state index in [4.69, 9.17) is 5.73 Å². The maximum absolute atomic E-state index is 9.39. The van der Waals surface area contributed by atoms with E-state index in [1.165, 1.54) is 24.8 Å². The van der Waals surface area contributed by atoms with Crippen LogP contribution in [0, 0.1) is 0 Å². The van der Waals surface area contributed by atoms with Crippen LogP contribution in [-0.4, -0.2) is 16.2 Å². The first kappa shape index (κ1) is 12.0. The average molecular weight is 232 g/mol. The lowest BCUT2D eigenvalue weighted by Gasteiger charge is -2.05. The van der Waals surface area contributed by atoms with Crippen LogP contribution in [0.15, 0.2) is 30.5 Å². The lowest BCUT2D eigenvalue weighted by atomic mass is 10.2. The molecule has 3 N–H and O–H groups in total. The van der Waals surface area contributed by atoms with Crippen LogP contribution in [0.5, 0.6) is 5.75 Å². The number of rotatable bonds is 6. The molecule has 2 aromatic rings. The van der Waals surface area contributed by atoms with Gasteiger partial charge in [-0.1, -0.05) is 12.8 Å². The molecule has 92 valence electrons. The Balaban J connectivity index is 1.95. The molecule has 3 nitrogen and oxygen atoms in total. The van der Waals surface area contributed by atoms with E-state index in [2.05, 4.69) is 16.8 Å². The summed E-state index contributed by atoms with van der Waals surface area (Å²) in [4.78, 5) is 0. The average Bonchev–Trinajstić information content (AvgIpc) is 2.71. The van der Waals surface area contributed by atoms with Gasteiger partial charge in [-0.25, -0.2) is 0 Å². The number of nitrogens with zero attached hydrogens (tertiary/aromatic N) is 1. The van der Waals surface area contributed by atoms with Gasteiger partial charge in [0.15, 0.2) is 0 Å². The van der Waals surface area contributed by atoms with Crippen molar-refractivity contribution in [3.05, 3.63) is 30.5 Å². The van der Waals surface area contributed by atoms with Crippen molar-refractivity contribution in [3.63, 3.8) is 0 Å². The van der Waals surface area contributed by atoms with Gasteiger partial charge >= 0.3 is 0 Å². The summed E-state index contributed by atoms with van der Waals surface area (Å²) in [6, 6.07) is 7.58. The largest absolute Gasteiger partial charge is 0.508 e. The van der Waals surface area contributed by atoms with Gasteiger partial charge in [0.1, 0.15) is 5.75 Å². The Bertz CT molecular complexity index is 476. The Labute approximate surface area is 102 Å². The summed E-state index contributed by atoms with van der Waals surface area (Å²) < 4.78 is 2.25. The first-order chi connectivity index (χ1) is 8.31. The first-order valence-corrected chi connectivity index (χ1v) is 6.29. The number of unbranched alkanes of at least 4 members (excludes halogenated alkanes) is 3. The van der Waals surface area contributed by atoms with Crippen LogP contribution in [0.1, 0.15) is 25.7 Å². The summed E-state index contributed by atoms with van der Waals surface area (Å²) in [7, 11) is 0. The molecule has 0 amide bonds. The highest BCUT2D eigenvalue weighted by Gasteiger charge is 2.01. The van der Waals surface area contributed by atoms with Crippen molar-refractivity contribution in [2.45, 2.75) is 32.2 Å². The van der Waals surface area contributed by atoms with E-state index in [-0.39, 0.29) is 0 Å². The smallest absolute Gasteiger partial charge is 0.116 e. The van der Waals surface area contributed by atoms with Crippen molar-refractivity contribution in [1.82, 2.24) is 4.57 Å². The van der Waals surface area contributed by atoms with E-state index < -0.39 is 0 Å². The third kappa shape index (κ3) is 3.01. The van der Waals surface area contributed by atoms with Crippen molar-refractivity contribution in [1.29, 1.82) is 0 Å². The Morgan fingerprint density at radius 3 is 2.71 bits per heavy atom. The summed E-state index contributed by atoms with van der Waals surface area (Å²) >= 11 is 0. The van der Waals surface area contributed by atoms with Crippen molar-refractivity contribution in [3.8, 4) is 5.75 Å². The molecule has 0 unspecified atom stereocenters. The molecule has 0 saturated carbocycles. The Morgan fingerprint density at radius 1 is 1.06 bits per heavy atom. The molecule has 0 aliphatic carbocycles. The number of fused-ring (bicyclic) bond motifs is 1. The summed E-state index contributed by atoms with van der Waals surface area (Å²) in [6.45, 7) is 1.84. The van der Waals surface area contributed by atoms with Crippen LogP contribution >= 0.6 is 0 Å². The fourth-order valence-electron chi connectivity index (χ4n) is 2.16. The molecule has 0 aliphatic heterocycles. The van der Waals surface area contributed by atoms with Gasteiger partial charge in [-0.15, -0.1) is 0 Å². The van der Waals surface area contributed by atoms with Crippen LogP contribution in [0.25, 0.3) is 10.9 Å². The molecule has 0 saturated heterocycles. The Hall–Kier alpha value is -1.48. The van der Waals surface area contributed by atoms with E-state index in [0.717, 1.165) is 24.9 Å². The summed E-state index contributed by atoms with van der Waals surface area (Å²) in [5.74, 6) is 0.332. The highest BCUT2D eigenvalue weighted by atomic mass is 16.3. The monoisotopic (exact) mass is 232 g/mol. The number of phenolic OH excluding ortho intramolecular Hbond substituents is 1. The molecule has 0 aliphatic rings. The van der Waals surface area contributed by atoms with Gasteiger partial charge < -0.3 is 15.4 Å². The molecule has 1 aromatic carbocycles. The lowest BCUT2D eigenvalue weighted by molar-refractivity contribution is 0.476. The second-order valence-electron chi connectivity index (χ2n) is 4.46. The van der Waals surface area contributed by atoms with Crippen molar-refractivity contribution >= 4 is 10.9 Å². The SMILES string of the molecule is NCCCCCCn1ccc2cc(O)ccc21. The maximum atomic E-state index is 9.39. The first-order valence-electron chi connectivity index (χ1n) is 6.29. The van der Waals surface area contributed by atoms with Crippen LogP contribution in [0.3, 0.4) is 0 Å². The molecule has 0 spiro atoms. The number of benzene rings is 1. The quantitative estimate of drug-likeness (QED) is 0.752. The summed E-state index contributed by atoms with van der Waals surface area (Å²) in [6.07, 6.45) is 6.85. The third-order valence-electron chi connectivity index (χ3n) is 3.11. The van der Waals surface area contributed by atoms with Gasteiger partial charge in [0.05, 0.1) is 0 Å². The molecule has 1 heterocycles. The third-order valence-corrected chi connectivity index (χ3v) is 3.11. The van der Waals surface area contributed by atoms with E-state index in [1.54, 1.807) is 12.1 Å². The predicted octanol–water partition coefficient (Wildman–Crippen LogP) is 2.87. The zero-order valence-corrected chi connectivity index (χ0v) is 10.1.